The third-order valence-corrected chi connectivity index (χ3v) is 5.33. The van der Waals surface area contributed by atoms with E-state index in [0.29, 0.717) is 6.04 Å². The molecule has 0 bridgehead atoms. The lowest BCUT2D eigenvalue weighted by Gasteiger charge is -2.31. The van der Waals surface area contributed by atoms with Gasteiger partial charge in [0, 0.05) is 18.1 Å². The molecule has 0 radical (unpaired) electrons. The minimum absolute atomic E-state index is 0.0392. The molecule has 1 N–H and O–H groups in total. The molecule has 0 aliphatic heterocycles. The zero-order chi connectivity index (χ0) is 17.5. The van der Waals surface area contributed by atoms with E-state index in [2.05, 4.69) is 5.32 Å². The van der Waals surface area contributed by atoms with Gasteiger partial charge in [0.15, 0.2) is 0 Å². The molecule has 0 spiro atoms. The van der Waals surface area contributed by atoms with Crippen molar-refractivity contribution >= 4 is 40.9 Å². The number of carbonyl (C=O) groups excluding carboxylic acids is 2. The molecule has 1 saturated carbocycles. The Morgan fingerprint density at radius 1 is 1.29 bits per heavy atom. The Morgan fingerprint density at radius 2 is 2.00 bits per heavy atom. The first-order chi connectivity index (χ1) is 11.5. The number of carbonyl (C=O) groups is 2. The fourth-order valence-electron chi connectivity index (χ4n) is 2.78. The van der Waals surface area contributed by atoms with Gasteiger partial charge in [0.1, 0.15) is 5.82 Å². The highest BCUT2D eigenvalue weighted by atomic mass is 35.5. The number of halogens is 2. The Kier molecular flexibility index (Phi) is 7.37. The van der Waals surface area contributed by atoms with Gasteiger partial charge in [-0.1, -0.05) is 30.9 Å². The lowest BCUT2D eigenvalue weighted by Crippen LogP contribution is -2.39. The summed E-state index contributed by atoms with van der Waals surface area (Å²) in [6, 6.07) is 4.40. The standard InChI is InChI=1S/C17H22ClFN2O2S/c1-21(13-5-3-2-4-6-13)17(23)11-24-10-16(22)20-15-8-7-12(18)9-14(15)19/h7-9,13H,2-6,10-11H2,1H3,(H,20,22). The first-order valence-corrected chi connectivity index (χ1v) is 9.59. The highest BCUT2D eigenvalue weighted by Crippen LogP contribution is 2.22. The molecular weight excluding hydrogens is 351 g/mol. The average molecular weight is 373 g/mol. The third kappa shape index (κ3) is 5.67. The Labute approximate surface area is 151 Å². The van der Waals surface area contributed by atoms with E-state index >= 15 is 0 Å². The summed E-state index contributed by atoms with van der Waals surface area (Å²) in [4.78, 5) is 25.8. The number of rotatable bonds is 6. The van der Waals surface area contributed by atoms with Crippen LogP contribution in [0.1, 0.15) is 32.1 Å². The van der Waals surface area contributed by atoms with Gasteiger partial charge in [-0.05, 0) is 31.0 Å². The fourth-order valence-corrected chi connectivity index (χ4v) is 3.68. The van der Waals surface area contributed by atoms with Gasteiger partial charge >= 0.3 is 0 Å². The minimum Gasteiger partial charge on any atom is -0.342 e. The average Bonchev–Trinajstić information content (AvgIpc) is 2.57. The number of hydrogen-bond acceptors (Lipinski definition) is 3. The maximum atomic E-state index is 13.6. The summed E-state index contributed by atoms with van der Waals surface area (Å²) in [6.07, 6.45) is 5.70. The molecule has 0 atom stereocenters. The van der Waals surface area contributed by atoms with Gasteiger partial charge in [-0.3, -0.25) is 9.59 Å². The maximum Gasteiger partial charge on any atom is 0.234 e. The fraction of sp³-hybridized carbons (Fsp3) is 0.529. The molecule has 24 heavy (non-hydrogen) atoms. The second-order valence-electron chi connectivity index (χ2n) is 5.96. The first kappa shape index (κ1) is 19.1. The molecule has 4 nitrogen and oxygen atoms in total. The van der Waals surface area contributed by atoms with E-state index in [1.165, 1.54) is 43.2 Å². The van der Waals surface area contributed by atoms with Gasteiger partial charge in [0.05, 0.1) is 17.2 Å². The number of nitrogens with one attached hydrogen (secondary N) is 1. The summed E-state index contributed by atoms with van der Waals surface area (Å²) in [5, 5.41) is 2.76. The van der Waals surface area contributed by atoms with Crippen molar-refractivity contribution in [3.63, 3.8) is 0 Å². The number of thioether (sulfide) groups is 1. The monoisotopic (exact) mass is 372 g/mol. The van der Waals surface area contributed by atoms with Crippen LogP contribution in [0.25, 0.3) is 0 Å². The lowest BCUT2D eigenvalue weighted by molar-refractivity contribution is -0.129. The van der Waals surface area contributed by atoms with Gasteiger partial charge < -0.3 is 10.2 Å². The molecular formula is C17H22ClFN2O2S. The van der Waals surface area contributed by atoms with Gasteiger partial charge in [-0.2, -0.15) is 0 Å². The van der Waals surface area contributed by atoms with Crippen LogP contribution in [0.3, 0.4) is 0 Å². The van der Waals surface area contributed by atoms with Crippen LogP contribution >= 0.6 is 23.4 Å². The summed E-state index contributed by atoms with van der Waals surface area (Å²) >= 11 is 6.90. The number of benzene rings is 1. The van der Waals surface area contributed by atoms with Crippen LogP contribution in [-0.4, -0.2) is 41.3 Å². The molecule has 1 aromatic carbocycles. The Bertz CT molecular complexity index is 594. The smallest absolute Gasteiger partial charge is 0.234 e. The van der Waals surface area contributed by atoms with Gasteiger partial charge in [-0.25, -0.2) is 4.39 Å². The Balaban J connectivity index is 1.72. The van der Waals surface area contributed by atoms with Crippen molar-refractivity contribution in [3.05, 3.63) is 29.0 Å². The molecule has 132 valence electrons. The van der Waals surface area contributed by atoms with Gasteiger partial charge in [0.2, 0.25) is 11.8 Å². The van der Waals surface area contributed by atoms with Crippen LogP contribution < -0.4 is 5.32 Å². The molecule has 0 saturated heterocycles. The normalized spacial score (nSPS) is 15.1. The van der Waals surface area contributed by atoms with Crippen LogP contribution in [0.4, 0.5) is 10.1 Å². The van der Waals surface area contributed by atoms with E-state index in [1.807, 2.05) is 11.9 Å². The quantitative estimate of drug-likeness (QED) is 0.822. The van der Waals surface area contributed by atoms with Crippen LogP contribution in [0.15, 0.2) is 18.2 Å². The largest absolute Gasteiger partial charge is 0.342 e. The Hall–Kier alpha value is -1.27. The SMILES string of the molecule is CN(C(=O)CSCC(=O)Nc1ccc(Cl)cc1F)C1CCCCC1. The molecule has 0 heterocycles. The van der Waals surface area contributed by atoms with E-state index in [4.69, 9.17) is 11.6 Å². The first-order valence-electron chi connectivity index (χ1n) is 8.05. The number of hydrogen-bond donors (Lipinski definition) is 1. The molecule has 1 aliphatic carbocycles. The van der Waals surface area contributed by atoms with Crippen molar-refractivity contribution < 1.29 is 14.0 Å². The second kappa shape index (κ2) is 9.28. The molecule has 1 aromatic rings. The highest BCUT2D eigenvalue weighted by Gasteiger charge is 2.22. The lowest BCUT2D eigenvalue weighted by atomic mass is 9.94. The summed E-state index contributed by atoms with van der Waals surface area (Å²) in [5.41, 5.74) is 0.0932. The van der Waals surface area contributed by atoms with E-state index in [1.54, 1.807) is 0 Å². The molecule has 7 heteroatoms. The zero-order valence-corrected chi connectivity index (χ0v) is 15.3. The van der Waals surface area contributed by atoms with Gasteiger partial charge in [0.25, 0.3) is 0 Å². The number of amides is 2. The molecule has 0 aromatic heterocycles. The number of nitrogens with zero attached hydrogens (tertiary/aromatic N) is 1. The topological polar surface area (TPSA) is 49.4 Å². The summed E-state index contributed by atoms with van der Waals surface area (Å²) in [6.45, 7) is 0. The van der Waals surface area contributed by atoms with Crippen molar-refractivity contribution in [3.8, 4) is 0 Å². The Morgan fingerprint density at radius 3 is 2.67 bits per heavy atom. The van der Waals surface area contributed by atoms with Crippen molar-refractivity contribution in [2.45, 2.75) is 38.1 Å². The van der Waals surface area contributed by atoms with E-state index in [0.717, 1.165) is 18.9 Å². The second-order valence-corrected chi connectivity index (χ2v) is 7.38. The molecule has 2 amide bonds. The third-order valence-electron chi connectivity index (χ3n) is 4.18. The van der Waals surface area contributed by atoms with E-state index < -0.39 is 5.82 Å². The van der Waals surface area contributed by atoms with Crippen LogP contribution in [0.5, 0.6) is 0 Å². The zero-order valence-electron chi connectivity index (χ0n) is 13.7. The summed E-state index contributed by atoms with van der Waals surface area (Å²) in [7, 11) is 1.84. The molecule has 1 fully saturated rings. The van der Waals surface area contributed by atoms with Crippen LogP contribution in [0, 0.1) is 5.82 Å². The summed E-state index contributed by atoms with van der Waals surface area (Å²) in [5.74, 6) is -0.517. The maximum absolute atomic E-state index is 13.6. The van der Waals surface area contributed by atoms with Crippen molar-refractivity contribution in [2.24, 2.45) is 0 Å². The molecule has 2 rings (SSSR count). The van der Waals surface area contributed by atoms with Crippen molar-refractivity contribution in [1.82, 2.24) is 4.90 Å². The summed E-state index contributed by atoms with van der Waals surface area (Å²) < 4.78 is 13.6. The predicted molar refractivity (Wildman–Crippen MR) is 97.0 cm³/mol. The molecule has 0 unspecified atom stereocenters. The highest BCUT2D eigenvalue weighted by molar-refractivity contribution is 8.00. The van der Waals surface area contributed by atoms with Crippen LogP contribution in [0.2, 0.25) is 5.02 Å². The van der Waals surface area contributed by atoms with Gasteiger partial charge in [-0.15, -0.1) is 11.8 Å². The van der Waals surface area contributed by atoms with Crippen LogP contribution in [-0.2, 0) is 9.59 Å². The number of anilines is 1. The van der Waals surface area contributed by atoms with E-state index in [9.17, 15) is 14.0 Å². The van der Waals surface area contributed by atoms with Crippen molar-refractivity contribution in [1.29, 1.82) is 0 Å². The van der Waals surface area contributed by atoms with E-state index in [-0.39, 0.29) is 34.0 Å². The molecule has 1 aliphatic rings. The van der Waals surface area contributed by atoms with Crippen molar-refractivity contribution in [2.75, 3.05) is 23.9 Å². The predicted octanol–water partition coefficient (Wildman–Crippen LogP) is 3.94. The minimum atomic E-state index is -0.575.